The highest BCUT2D eigenvalue weighted by Gasteiger charge is 2.37. The first-order chi connectivity index (χ1) is 7.40. The van der Waals surface area contributed by atoms with Crippen molar-refractivity contribution in [2.75, 3.05) is 24.7 Å². The first kappa shape index (κ1) is 13.6. The van der Waals surface area contributed by atoms with E-state index in [0.29, 0.717) is 19.4 Å². The number of ketones is 1. The van der Waals surface area contributed by atoms with E-state index in [1.165, 1.54) is 0 Å². The Morgan fingerprint density at radius 1 is 1.44 bits per heavy atom. The maximum absolute atomic E-state index is 11.7. The van der Waals surface area contributed by atoms with Crippen LogP contribution < -0.4 is 5.73 Å². The molecule has 0 spiro atoms. The van der Waals surface area contributed by atoms with Gasteiger partial charge in [-0.2, -0.15) is 0 Å². The van der Waals surface area contributed by atoms with Crippen LogP contribution in [-0.2, 0) is 19.4 Å². The van der Waals surface area contributed by atoms with Crippen molar-refractivity contribution >= 4 is 15.6 Å². The molecule has 16 heavy (non-hydrogen) atoms. The van der Waals surface area contributed by atoms with E-state index in [1.54, 1.807) is 6.92 Å². The van der Waals surface area contributed by atoms with Crippen LogP contribution in [0.25, 0.3) is 0 Å². The van der Waals surface area contributed by atoms with E-state index in [0.717, 1.165) is 0 Å². The molecule has 1 aliphatic heterocycles. The fourth-order valence-corrected chi connectivity index (χ4v) is 3.03. The number of Topliss-reactive ketones (excluding diaryl/α,β-unsaturated/α-hetero) is 1. The number of nitrogens with two attached hydrogens (primary N) is 1. The Kier molecular flexibility index (Phi) is 4.46. The number of rotatable bonds is 6. The van der Waals surface area contributed by atoms with E-state index in [1.807, 2.05) is 0 Å². The smallest absolute Gasteiger partial charge is 0.156 e. The zero-order valence-corrected chi connectivity index (χ0v) is 10.4. The summed E-state index contributed by atoms with van der Waals surface area (Å²) in [5.41, 5.74) is 4.88. The van der Waals surface area contributed by atoms with Gasteiger partial charge in [0.15, 0.2) is 15.6 Å². The number of sulfone groups is 1. The number of hydrogen-bond acceptors (Lipinski definition) is 5. The SMILES string of the molecule is CCCS(=O)(=O)CCC(=O)C1(N)CCOC1. The van der Waals surface area contributed by atoms with E-state index < -0.39 is 15.4 Å². The number of ether oxygens (including phenoxy) is 1. The molecule has 0 aromatic heterocycles. The maximum Gasteiger partial charge on any atom is 0.156 e. The van der Waals surface area contributed by atoms with E-state index in [2.05, 4.69) is 0 Å². The Hall–Kier alpha value is -0.460. The molecule has 0 aliphatic carbocycles. The molecule has 1 saturated heterocycles. The lowest BCUT2D eigenvalue weighted by Gasteiger charge is -2.19. The standard InChI is InChI=1S/C10H19NO4S/c1-2-6-16(13,14)7-3-9(12)10(11)4-5-15-8-10/h2-8,11H2,1H3. The molecule has 0 aromatic carbocycles. The predicted molar refractivity (Wildman–Crippen MR) is 60.9 cm³/mol. The molecule has 1 unspecified atom stereocenters. The fourth-order valence-electron chi connectivity index (χ4n) is 1.71. The fraction of sp³-hybridized carbons (Fsp3) is 0.900. The third-order valence-electron chi connectivity index (χ3n) is 2.76. The summed E-state index contributed by atoms with van der Waals surface area (Å²) in [5, 5.41) is 0. The molecule has 0 saturated carbocycles. The third kappa shape index (κ3) is 3.54. The molecule has 0 aromatic rings. The van der Waals surface area contributed by atoms with Crippen LogP contribution in [0.3, 0.4) is 0 Å². The van der Waals surface area contributed by atoms with Crippen molar-refractivity contribution in [1.82, 2.24) is 0 Å². The lowest BCUT2D eigenvalue weighted by Crippen LogP contribution is -2.49. The van der Waals surface area contributed by atoms with E-state index in [9.17, 15) is 13.2 Å². The van der Waals surface area contributed by atoms with E-state index in [4.69, 9.17) is 10.5 Å². The highest BCUT2D eigenvalue weighted by atomic mass is 32.2. The van der Waals surface area contributed by atoms with Crippen molar-refractivity contribution < 1.29 is 17.9 Å². The van der Waals surface area contributed by atoms with Crippen LogP contribution in [0, 0.1) is 0 Å². The second-order valence-electron chi connectivity index (χ2n) is 4.28. The normalized spacial score (nSPS) is 25.9. The van der Waals surface area contributed by atoms with Gasteiger partial charge in [0, 0.05) is 18.8 Å². The molecule has 1 heterocycles. The maximum atomic E-state index is 11.7. The third-order valence-corrected chi connectivity index (χ3v) is 4.62. The van der Waals surface area contributed by atoms with Gasteiger partial charge in [-0.05, 0) is 12.8 Å². The molecule has 1 rings (SSSR count). The van der Waals surface area contributed by atoms with Crippen molar-refractivity contribution in [2.45, 2.75) is 31.7 Å². The van der Waals surface area contributed by atoms with Gasteiger partial charge in [-0.3, -0.25) is 4.79 Å². The first-order valence-corrected chi connectivity index (χ1v) is 7.32. The summed E-state index contributed by atoms with van der Waals surface area (Å²) < 4.78 is 27.9. The van der Waals surface area contributed by atoms with Gasteiger partial charge in [0.2, 0.25) is 0 Å². The van der Waals surface area contributed by atoms with Crippen LogP contribution in [0.2, 0.25) is 0 Å². The zero-order valence-electron chi connectivity index (χ0n) is 9.57. The number of hydrogen-bond donors (Lipinski definition) is 1. The molecule has 0 bridgehead atoms. The average molecular weight is 249 g/mol. The van der Waals surface area contributed by atoms with Crippen LogP contribution in [0.1, 0.15) is 26.2 Å². The van der Waals surface area contributed by atoms with Crippen molar-refractivity contribution in [3.8, 4) is 0 Å². The molecule has 1 fully saturated rings. The molecule has 0 amide bonds. The molecular weight excluding hydrogens is 230 g/mol. The second-order valence-corrected chi connectivity index (χ2v) is 6.59. The van der Waals surface area contributed by atoms with Crippen molar-refractivity contribution in [1.29, 1.82) is 0 Å². The van der Waals surface area contributed by atoms with Gasteiger partial charge in [-0.1, -0.05) is 6.92 Å². The van der Waals surface area contributed by atoms with Crippen LogP contribution in [0.15, 0.2) is 0 Å². The van der Waals surface area contributed by atoms with Crippen molar-refractivity contribution in [3.63, 3.8) is 0 Å². The van der Waals surface area contributed by atoms with Gasteiger partial charge in [0.25, 0.3) is 0 Å². The Morgan fingerprint density at radius 2 is 2.12 bits per heavy atom. The molecular formula is C10H19NO4S. The molecule has 94 valence electrons. The van der Waals surface area contributed by atoms with Gasteiger partial charge in [-0.15, -0.1) is 0 Å². The number of carbonyl (C=O) groups is 1. The van der Waals surface area contributed by atoms with Gasteiger partial charge in [0.1, 0.15) is 5.54 Å². The molecule has 1 aliphatic rings. The summed E-state index contributed by atoms with van der Waals surface area (Å²) in [6.07, 6.45) is 1.06. The van der Waals surface area contributed by atoms with E-state index >= 15 is 0 Å². The second kappa shape index (κ2) is 5.25. The Morgan fingerprint density at radius 3 is 2.62 bits per heavy atom. The molecule has 6 heteroatoms. The van der Waals surface area contributed by atoms with Crippen LogP contribution in [-0.4, -0.2) is 44.5 Å². The summed E-state index contributed by atoms with van der Waals surface area (Å²) in [4.78, 5) is 11.7. The Labute approximate surface area is 96.3 Å². The average Bonchev–Trinajstić information content (AvgIpc) is 2.63. The van der Waals surface area contributed by atoms with Crippen LogP contribution >= 0.6 is 0 Å². The summed E-state index contributed by atoms with van der Waals surface area (Å²) in [7, 11) is -3.10. The summed E-state index contributed by atoms with van der Waals surface area (Å²) in [6.45, 7) is 2.48. The van der Waals surface area contributed by atoms with Gasteiger partial charge >= 0.3 is 0 Å². The van der Waals surface area contributed by atoms with Crippen molar-refractivity contribution in [2.24, 2.45) is 5.73 Å². The molecule has 1 atom stereocenters. The minimum atomic E-state index is -3.10. The summed E-state index contributed by atoms with van der Waals surface area (Å²) >= 11 is 0. The Balaban J connectivity index is 2.47. The zero-order chi connectivity index (χ0) is 12.2. The van der Waals surface area contributed by atoms with E-state index in [-0.39, 0.29) is 30.3 Å². The summed E-state index contributed by atoms with van der Waals surface area (Å²) in [6, 6.07) is 0. The minimum absolute atomic E-state index is 0.00218. The van der Waals surface area contributed by atoms with Crippen LogP contribution in [0.5, 0.6) is 0 Å². The van der Waals surface area contributed by atoms with Gasteiger partial charge in [-0.25, -0.2) is 8.42 Å². The largest absolute Gasteiger partial charge is 0.379 e. The topological polar surface area (TPSA) is 86.5 Å². The van der Waals surface area contributed by atoms with Gasteiger partial charge < -0.3 is 10.5 Å². The van der Waals surface area contributed by atoms with Gasteiger partial charge in [0.05, 0.1) is 12.4 Å². The lowest BCUT2D eigenvalue weighted by molar-refractivity contribution is -0.123. The van der Waals surface area contributed by atoms with Crippen LogP contribution in [0.4, 0.5) is 0 Å². The lowest BCUT2D eigenvalue weighted by atomic mass is 9.93. The predicted octanol–water partition coefficient (Wildman–Crippen LogP) is -0.112. The summed E-state index contributed by atoms with van der Waals surface area (Å²) in [5.74, 6) is -0.169. The molecule has 0 radical (unpaired) electrons. The quantitative estimate of drug-likeness (QED) is 0.709. The van der Waals surface area contributed by atoms with Crippen molar-refractivity contribution in [3.05, 3.63) is 0 Å². The highest BCUT2D eigenvalue weighted by molar-refractivity contribution is 7.91. The Bertz CT molecular complexity index is 344. The molecule has 2 N–H and O–H groups in total. The highest BCUT2D eigenvalue weighted by Crippen LogP contribution is 2.18. The minimum Gasteiger partial charge on any atom is -0.379 e. The number of carbonyl (C=O) groups excluding carboxylic acids is 1. The molecule has 5 nitrogen and oxygen atoms in total. The monoisotopic (exact) mass is 249 g/mol. The first-order valence-electron chi connectivity index (χ1n) is 5.50.